The number of hydrogen-bond acceptors (Lipinski definition) is 6. The van der Waals surface area contributed by atoms with E-state index in [0.717, 1.165) is 57.8 Å². The van der Waals surface area contributed by atoms with Crippen molar-refractivity contribution in [2.45, 2.75) is 406 Å². The maximum atomic E-state index is 12.9. The second kappa shape index (κ2) is 65.7. The van der Waals surface area contributed by atoms with E-state index in [0.29, 0.717) is 19.3 Å². The van der Waals surface area contributed by atoms with Gasteiger partial charge >= 0.3 is 17.9 Å². The van der Waals surface area contributed by atoms with E-state index in [9.17, 15) is 14.4 Å². The van der Waals surface area contributed by atoms with Gasteiger partial charge in [0.1, 0.15) is 13.2 Å². The fourth-order valence-corrected chi connectivity index (χ4v) is 10.8. The van der Waals surface area contributed by atoms with Crippen LogP contribution in [-0.2, 0) is 28.6 Å². The Balaban J connectivity index is 4.26. The maximum absolute atomic E-state index is 12.9. The molecule has 0 N–H and O–H groups in total. The third-order valence-electron chi connectivity index (χ3n) is 16.0. The van der Waals surface area contributed by atoms with Gasteiger partial charge in [0.05, 0.1) is 0 Å². The summed E-state index contributed by atoms with van der Waals surface area (Å²) in [5.41, 5.74) is 0. The van der Waals surface area contributed by atoms with Crippen molar-refractivity contribution in [1.29, 1.82) is 0 Å². The number of carbonyl (C=O) groups is 3. The third kappa shape index (κ3) is 63.0. The first-order chi connectivity index (χ1) is 37.5. The fourth-order valence-electron chi connectivity index (χ4n) is 10.8. The Morgan fingerprint density at radius 3 is 0.658 bits per heavy atom. The molecule has 0 aliphatic heterocycles. The summed E-state index contributed by atoms with van der Waals surface area (Å²) in [6, 6.07) is 0. The lowest BCUT2D eigenvalue weighted by Crippen LogP contribution is -2.30. The molecule has 0 saturated heterocycles. The van der Waals surface area contributed by atoms with Crippen LogP contribution in [0, 0.1) is 0 Å². The maximum Gasteiger partial charge on any atom is 0.306 e. The standard InChI is InChI=1S/C70H134O6/c1-4-7-10-13-16-19-22-25-28-31-33-34-35-36-37-40-42-45-48-51-54-57-60-63-69(72)75-66-67(65-74-68(71)62-59-56-53-50-47-44-41-38-30-27-24-21-18-15-12-9-6-3)76-70(73)64-61-58-55-52-49-46-43-39-32-29-26-23-20-17-14-11-8-5-2/h27,30,67H,4-26,28-29,31-66H2,1-3H3/b30-27-. The van der Waals surface area contributed by atoms with E-state index in [1.807, 2.05) is 0 Å². The predicted octanol–water partition coefficient (Wildman–Crippen LogP) is 23.6. The predicted molar refractivity (Wildman–Crippen MR) is 330 cm³/mol. The van der Waals surface area contributed by atoms with Crippen LogP contribution in [0.3, 0.4) is 0 Å². The minimum atomic E-state index is -0.768. The van der Waals surface area contributed by atoms with Gasteiger partial charge in [-0.3, -0.25) is 14.4 Å². The molecular formula is C70H134O6. The highest BCUT2D eigenvalue weighted by atomic mass is 16.6. The molecule has 0 rings (SSSR count). The van der Waals surface area contributed by atoms with Gasteiger partial charge in [-0.25, -0.2) is 0 Å². The molecule has 0 aliphatic rings. The van der Waals surface area contributed by atoms with Gasteiger partial charge in [0.25, 0.3) is 0 Å². The number of carbonyl (C=O) groups excluding carboxylic acids is 3. The molecule has 76 heavy (non-hydrogen) atoms. The average Bonchev–Trinajstić information content (AvgIpc) is 3.42. The highest BCUT2D eigenvalue weighted by Gasteiger charge is 2.19. The molecule has 1 atom stereocenters. The Morgan fingerprint density at radius 2 is 0.434 bits per heavy atom. The Bertz CT molecular complexity index is 1180. The lowest BCUT2D eigenvalue weighted by molar-refractivity contribution is -0.167. The summed E-state index contributed by atoms with van der Waals surface area (Å²) >= 11 is 0. The normalized spacial score (nSPS) is 12.0. The van der Waals surface area contributed by atoms with Crippen LogP contribution >= 0.6 is 0 Å². The zero-order chi connectivity index (χ0) is 55.0. The second-order valence-corrected chi connectivity index (χ2v) is 23.8. The van der Waals surface area contributed by atoms with Crippen LogP contribution in [0.1, 0.15) is 400 Å². The van der Waals surface area contributed by atoms with Gasteiger partial charge in [-0.2, -0.15) is 0 Å². The minimum Gasteiger partial charge on any atom is -0.462 e. The molecule has 0 heterocycles. The zero-order valence-electron chi connectivity index (χ0n) is 51.8. The molecule has 6 nitrogen and oxygen atoms in total. The molecule has 0 aromatic rings. The lowest BCUT2D eigenvalue weighted by Gasteiger charge is -2.18. The van der Waals surface area contributed by atoms with Crippen LogP contribution in [0.2, 0.25) is 0 Å². The summed E-state index contributed by atoms with van der Waals surface area (Å²) in [5.74, 6) is -0.833. The summed E-state index contributed by atoms with van der Waals surface area (Å²) < 4.78 is 17.0. The number of rotatable bonds is 65. The summed E-state index contributed by atoms with van der Waals surface area (Å²) in [7, 11) is 0. The summed E-state index contributed by atoms with van der Waals surface area (Å²) in [5, 5.41) is 0. The van der Waals surface area contributed by atoms with E-state index in [1.54, 1.807) is 0 Å². The average molecular weight is 1070 g/mol. The van der Waals surface area contributed by atoms with Gasteiger partial charge in [0, 0.05) is 19.3 Å². The molecule has 1 unspecified atom stereocenters. The Hall–Kier alpha value is -1.85. The van der Waals surface area contributed by atoms with Crippen molar-refractivity contribution in [3.63, 3.8) is 0 Å². The van der Waals surface area contributed by atoms with Crippen molar-refractivity contribution >= 4 is 17.9 Å². The van der Waals surface area contributed by atoms with Crippen LogP contribution in [-0.4, -0.2) is 37.2 Å². The van der Waals surface area contributed by atoms with Crippen LogP contribution in [0.15, 0.2) is 12.2 Å². The van der Waals surface area contributed by atoms with E-state index in [1.165, 1.54) is 302 Å². The summed E-state index contributed by atoms with van der Waals surface area (Å²) in [4.78, 5) is 38.4. The summed E-state index contributed by atoms with van der Waals surface area (Å²) in [6.07, 6.45) is 78.0. The minimum absolute atomic E-state index is 0.0642. The quantitative estimate of drug-likeness (QED) is 0.0261. The van der Waals surface area contributed by atoms with E-state index < -0.39 is 6.10 Å². The smallest absolute Gasteiger partial charge is 0.306 e. The van der Waals surface area contributed by atoms with Crippen LogP contribution in [0.25, 0.3) is 0 Å². The fraction of sp³-hybridized carbons (Fsp3) is 0.929. The number of hydrogen-bond donors (Lipinski definition) is 0. The van der Waals surface area contributed by atoms with E-state index >= 15 is 0 Å². The first-order valence-corrected chi connectivity index (χ1v) is 34.7. The molecule has 0 aliphatic carbocycles. The molecule has 6 heteroatoms. The van der Waals surface area contributed by atoms with Crippen molar-refractivity contribution in [3.8, 4) is 0 Å². The first kappa shape index (κ1) is 74.2. The number of unbranched alkanes of at least 4 members (excludes halogenated alkanes) is 52. The third-order valence-corrected chi connectivity index (χ3v) is 16.0. The molecule has 450 valence electrons. The second-order valence-electron chi connectivity index (χ2n) is 23.8. The topological polar surface area (TPSA) is 78.9 Å². The molecule has 0 spiro atoms. The number of allylic oxidation sites excluding steroid dienone is 2. The van der Waals surface area contributed by atoms with Gasteiger partial charge in [-0.05, 0) is 44.9 Å². The Kier molecular flexibility index (Phi) is 64.1. The molecular weight excluding hydrogens is 937 g/mol. The monoisotopic (exact) mass is 1070 g/mol. The number of esters is 3. The van der Waals surface area contributed by atoms with E-state index in [4.69, 9.17) is 14.2 Å². The number of ether oxygens (including phenoxy) is 3. The molecule has 0 amide bonds. The summed E-state index contributed by atoms with van der Waals surface area (Å²) in [6.45, 7) is 6.73. The van der Waals surface area contributed by atoms with Gasteiger partial charge in [-0.15, -0.1) is 0 Å². The van der Waals surface area contributed by atoms with Crippen molar-refractivity contribution in [3.05, 3.63) is 12.2 Å². The largest absolute Gasteiger partial charge is 0.462 e. The molecule has 0 radical (unpaired) electrons. The first-order valence-electron chi connectivity index (χ1n) is 34.7. The van der Waals surface area contributed by atoms with Gasteiger partial charge in [0.2, 0.25) is 0 Å². The zero-order valence-corrected chi connectivity index (χ0v) is 51.8. The van der Waals surface area contributed by atoms with Gasteiger partial charge in [0.15, 0.2) is 6.10 Å². The molecule has 0 fully saturated rings. The van der Waals surface area contributed by atoms with Crippen molar-refractivity contribution in [2.24, 2.45) is 0 Å². The lowest BCUT2D eigenvalue weighted by atomic mass is 10.0. The van der Waals surface area contributed by atoms with Gasteiger partial charge < -0.3 is 14.2 Å². The Labute approximate surface area is 475 Å². The highest BCUT2D eigenvalue weighted by Crippen LogP contribution is 2.19. The molecule has 0 bridgehead atoms. The SMILES string of the molecule is CCCCCCCC/C=C\CCCCCCCCCC(=O)OCC(COC(=O)CCCCCCCCCCCCCCCCCCCCCCCCC)OC(=O)CCCCCCCCCCCCCCCCCCCC. The van der Waals surface area contributed by atoms with Crippen LogP contribution in [0.4, 0.5) is 0 Å². The molecule has 0 aromatic heterocycles. The van der Waals surface area contributed by atoms with E-state index in [2.05, 4.69) is 32.9 Å². The van der Waals surface area contributed by atoms with Crippen LogP contribution in [0.5, 0.6) is 0 Å². The van der Waals surface area contributed by atoms with Crippen molar-refractivity contribution in [1.82, 2.24) is 0 Å². The van der Waals surface area contributed by atoms with E-state index in [-0.39, 0.29) is 31.1 Å². The van der Waals surface area contributed by atoms with Crippen LogP contribution < -0.4 is 0 Å². The van der Waals surface area contributed by atoms with Gasteiger partial charge in [-0.1, -0.05) is 348 Å². The molecule has 0 aromatic carbocycles. The van der Waals surface area contributed by atoms with Crippen molar-refractivity contribution < 1.29 is 28.6 Å². The highest BCUT2D eigenvalue weighted by molar-refractivity contribution is 5.71. The Morgan fingerprint density at radius 1 is 0.250 bits per heavy atom. The molecule has 0 saturated carbocycles. The van der Waals surface area contributed by atoms with Crippen molar-refractivity contribution in [2.75, 3.05) is 13.2 Å².